The number of non-ortho nitro benzene ring substituents is 1. The van der Waals surface area contributed by atoms with Gasteiger partial charge in [0, 0.05) is 17.7 Å². The summed E-state index contributed by atoms with van der Waals surface area (Å²) in [6.07, 6.45) is 6.75. The third-order valence-electron chi connectivity index (χ3n) is 2.81. The van der Waals surface area contributed by atoms with E-state index in [0.717, 1.165) is 5.56 Å². The molecule has 4 heteroatoms. The summed E-state index contributed by atoms with van der Waals surface area (Å²) in [6, 6.07) is 15.3. The summed E-state index contributed by atoms with van der Waals surface area (Å²) in [4.78, 5) is 21.9. The van der Waals surface area contributed by atoms with Crippen LogP contribution < -0.4 is 0 Å². The highest BCUT2D eigenvalue weighted by Crippen LogP contribution is 2.12. The maximum absolute atomic E-state index is 11.8. The van der Waals surface area contributed by atoms with Crippen LogP contribution >= 0.6 is 0 Å². The number of allylic oxidation sites excluding steroid dienone is 3. The van der Waals surface area contributed by atoms with Crippen LogP contribution in [0, 0.1) is 10.1 Å². The van der Waals surface area contributed by atoms with Crippen molar-refractivity contribution in [3.8, 4) is 0 Å². The lowest BCUT2D eigenvalue weighted by Gasteiger charge is -1.95. The van der Waals surface area contributed by atoms with Crippen LogP contribution in [0.4, 0.5) is 5.69 Å². The van der Waals surface area contributed by atoms with Crippen LogP contribution in [0.2, 0.25) is 0 Å². The Bertz CT molecular complexity index is 686. The predicted octanol–water partition coefficient (Wildman–Crippen LogP) is 4.05. The summed E-state index contributed by atoms with van der Waals surface area (Å²) in [6.45, 7) is 0. The number of ketones is 1. The van der Waals surface area contributed by atoms with Crippen molar-refractivity contribution in [3.63, 3.8) is 0 Å². The quantitative estimate of drug-likeness (QED) is 0.273. The van der Waals surface area contributed by atoms with Crippen LogP contribution in [0.5, 0.6) is 0 Å². The molecule has 4 nitrogen and oxygen atoms in total. The minimum absolute atomic E-state index is 0.0282. The number of hydrogen-bond donors (Lipinski definition) is 0. The Morgan fingerprint density at radius 3 is 2.24 bits per heavy atom. The number of hydrogen-bond acceptors (Lipinski definition) is 3. The second-order valence-electron chi connectivity index (χ2n) is 4.30. The Morgan fingerprint density at radius 1 is 0.952 bits per heavy atom. The van der Waals surface area contributed by atoms with Gasteiger partial charge in [-0.15, -0.1) is 0 Å². The smallest absolute Gasteiger partial charge is 0.269 e. The van der Waals surface area contributed by atoms with Gasteiger partial charge in [-0.25, -0.2) is 0 Å². The summed E-state index contributed by atoms with van der Waals surface area (Å²) < 4.78 is 0. The lowest BCUT2D eigenvalue weighted by molar-refractivity contribution is -0.384. The lowest BCUT2D eigenvalue weighted by atomic mass is 10.1. The first-order chi connectivity index (χ1) is 10.2. The minimum atomic E-state index is -0.493. The third kappa shape index (κ3) is 4.24. The standard InChI is InChI=1S/C17H13NO3/c19-17(15-10-12-16(13-11-15)18(20)21)9-5-4-8-14-6-2-1-3-7-14/h1-13H/b8-4+,9-5+. The number of nitro benzene ring substituents is 1. The van der Waals surface area contributed by atoms with Crippen LogP contribution in [-0.4, -0.2) is 10.7 Å². The molecule has 0 saturated heterocycles. The molecular formula is C17H13NO3. The molecule has 0 fully saturated rings. The molecule has 0 saturated carbocycles. The van der Waals surface area contributed by atoms with Gasteiger partial charge in [0.15, 0.2) is 5.78 Å². The zero-order valence-corrected chi connectivity index (χ0v) is 11.2. The van der Waals surface area contributed by atoms with E-state index in [0.29, 0.717) is 5.56 Å². The molecule has 0 aromatic heterocycles. The molecule has 0 aliphatic carbocycles. The highest BCUT2D eigenvalue weighted by molar-refractivity contribution is 6.04. The molecule has 2 aromatic rings. The highest BCUT2D eigenvalue weighted by atomic mass is 16.6. The maximum Gasteiger partial charge on any atom is 0.269 e. The second kappa shape index (κ2) is 6.96. The van der Waals surface area contributed by atoms with Crippen molar-refractivity contribution in [3.05, 3.63) is 94.1 Å². The molecule has 0 aliphatic rings. The van der Waals surface area contributed by atoms with Crippen LogP contribution in [-0.2, 0) is 0 Å². The van der Waals surface area contributed by atoms with Gasteiger partial charge in [-0.3, -0.25) is 14.9 Å². The van der Waals surface area contributed by atoms with E-state index < -0.39 is 4.92 Å². The normalized spacial score (nSPS) is 11.0. The van der Waals surface area contributed by atoms with E-state index >= 15 is 0 Å². The minimum Gasteiger partial charge on any atom is -0.289 e. The average Bonchev–Trinajstić information content (AvgIpc) is 2.52. The van der Waals surface area contributed by atoms with Crippen molar-refractivity contribution in [2.75, 3.05) is 0 Å². The first-order valence-electron chi connectivity index (χ1n) is 6.35. The lowest BCUT2D eigenvalue weighted by Crippen LogP contribution is -1.94. The van der Waals surface area contributed by atoms with Crippen molar-refractivity contribution >= 4 is 17.5 Å². The van der Waals surface area contributed by atoms with Gasteiger partial charge in [0.1, 0.15) is 0 Å². The van der Waals surface area contributed by atoms with Crippen LogP contribution in [0.15, 0.2) is 72.8 Å². The van der Waals surface area contributed by atoms with Crippen molar-refractivity contribution in [2.24, 2.45) is 0 Å². The van der Waals surface area contributed by atoms with E-state index in [1.807, 2.05) is 36.4 Å². The summed E-state index contributed by atoms with van der Waals surface area (Å²) in [5.74, 6) is -0.192. The molecule has 0 aliphatic heterocycles. The number of carbonyl (C=O) groups excluding carboxylic acids is 1. The molecule has 0 atom stereocenters. The van der Waals surface area contributed by atoms with E-state index in [9.17, 15) is 14.9 Å². The van der Waals surface area contributed by atoms with E-state index in [1.54, 1.807) is 12.2 Å². The first kappa shape index (κ1) is 14.4. The Kier molecular flexibility index (Phi) is 4.77. The maximum atomic E-state index is 11.8. The number of nitro groups is 1. The number of rotatable bonds is 5. The summed E-state index contributed by atoms with van der Waals surface area (Å²) >= 11 is 0. The average molecular weight is 279 g/mol. The monoisotopic (exact) mass is 279 g/mol. The third-order valence-corrected chi connectivity index (χ3v) is 2.81. The fraction of sp³-hybridized carbons (Fsp3) is 0. The van der Waals surface area contributed by atoms with Gasteiger partial charge < -0.3 is 0 Å². The Hall–Kier alpha value is -3.01. The van der Waals surface area contributed by atoms with Crippen LogP contribution in [0.25, 0.3) is 6.08 Å². The molecule has 104 valence electrons. The largest absolute Gasteiger partial charge is 0.289 e. The van der Waals surface area contributed by atoms with Gasteiger partial charge in [0.2, 0.25) is 0 Å². The molecule has 0 spiro atoms. The highest BCUT2D eigenvalue weighted by Gasteiger charge is 2.06. The summed E-state index contributed by atoms with van der Waals surface area (Å²) in [5, 5.41) is 10.5. The van der Waals surface area contributed by atoms with Crippen molar-refractivity contribution in [2.45, 2.75) is 0 Å². The van der Waals surface area contributed by atoms with E-state index in [2.05, 4.69) is 0 Å². The van der Waals surface area contributed by atoms with Gasteiger partial charge in [-0.1, -0.05) is 48.6 Å². The first-order valence-corrected chi connectivity index (χ1v) is 6.35. The van der Waals surface area contributed by atoms with Crippen LogP contribution in [0.1, 0.15) is 15.9 Å². The molecule has 0 radical (unpaired) electrons. The summed E-state index contributed by atoms with van der Waals surface area (Å²) in [5.41, 5.74) is 1.44. The van der Waals surface area contributed by atoms with Crippen molar-refractivity contribution in [1.82, 2.24) is 0 Å². The van der Waals surface area contributed by atoms with Crippen LogP contribution in [0.3, 0.4) is 0 Å². The van der Waals surface area contributed by atoms with Crippen molar-refractivity contribution in [1.29, 1.82) is 0 Å². The summed E-state index contributed by atoms with van der Waals surface area (Å²) in [7, 11) is 0. The molecule has 0 heterocycles. The topological polar surface area (TPSA) is 60.2 Å². The molecule has 0 unspecified atom stereocenters. The van der Waals surface area contributed by atoms with Gasteiger partial charge in [0.05, 0.1) is 4.92 Å². The number of nitrogens with zero attached hydrogens (tertiary/aromatic N) is 1. The van der Waals surface area contributed by atoms with Gasteiger partial charge in [-0.05, 0) is 23.8 Å². The van der Waals surface area contributed by atoms with E-state index in [1.165, 1.54) is 30.3 Å². The second-order valence-corrected chi connectivity index (χ2v) is 4.30. The van der Waals surface area contributed by atoms with Gasteiger partial charge in [0.25, 0.3) is 5.69 Å². The Labute approximate surface area is 122 Å². The van der Waals surface area contributed by atoms with Crippen molar-refractivity contribution < 1.29 is 9.72 Å². The van der Waals surface area contributed by atoms with Gasteiger partial charge >= 0.3 is 0 Å². The molecule has 2 rings (SSSR count). The molecular weight excluding hydrogens is 266 g/mol. The molecule has 0 N–H and O–H groups in total. The molecule has 0 amide bonds. The fourth-order valence-electron chi connectivity index (χ4n) is 1.72. The Morgan fingerprint density at radius 2 is 1.62 bits per heavy atom. The Balaban J connectivity index is 1.99. The fourth-order valence-corrected chi connectivity index (χ4v) is 1.72. The zero-order chi connectivity index (χ0) is 15.1. The predicted molar refractivity (Wildman–Crippen MR) is 82.0 cm³/mol. The van der Waals surface area contributed by atoms with E-state index in [4.69, 9.17) is 0 Å². The number of benzene rings is 2. The molecule has 0 bridgehead atoms. The van der Waals surface area contributed by atoms with Gasteiger partial charge in [-0.2, -0.15) is 0 Å². The molecule has 2 aromatic carbocycles. The number of carbonyl (C=O) groups is 1. The molecule has 21 heavy (non-hydrogen) atoms. The van der Waals surface area contributed by atoms with E-state index in [-0.39, 0.29) is 11.5 Å². The SMILES string of the molecule is O=C(/C=C/C=C/c1ccccc1)c1ccc([N+](=O)[O-])cc1. The zero-order valence-electron chi connectivity index (χ0n) is 11.2.